The maximum absolute atomic E-state index is 11.7. The van der Waals surface area contributed by atoms with Crippen molar-refractivity contribution in [2.45, 2.75) is 38.9 Å². The molecule has 14 heavy (non-hydrogen) atoms. The Labute approximate surface area is 83.0 Å². The van der Waals surface area contributed by atoms with Gasteiger partial charge in [-0.1, -0.05) is 6.08 Å². The van der Waals surface area contributed by atoms with Crippen LogP contribution in [0.4, 0.5) is 0 Å². The molecule has 4 heteroatoms. The second-order valence-corrected chi connectivity index (χ2v) is 4.37. The number of hydrogen-bond acceptors (Lipinski definition) is 2. The summed E-state index contributed by atoms with van der Waals surface area (Å²) in [6.45, 7) is 5.59. The van der Waals surface area contributed by atoms with Crippen LogP contribution in [0.15, 0.2) is 11.6 Å². The molecule has 2 aliphatic heterocycles. The first-order valence-corrected chi connectivity index (χ1v) is 4.74. The van der Waals surface area contributed by atoms with Gasteiger partial charge in [-0.15, -0.1) is 0 Å². The number of hydrogen-bond donors (Lipinski definition) is 1. The third-order valence-corrected chi connectivity index (χ3v) is 2.84. The zero-order chi connectivity index (χ0) is 10.5. The molecule has 2 amide bonds. The molecule has 2 rings (SSSR count). The SMILES string of the molecule is CC1=CCC(=O)N2C1C(=O)NC2(C)C. The van der Waals surface area contributed by atoms with Crippen LogP contribution >= 0.6 is 0 Å². The monoisotopic (exact) mass is 194 g/mol. The molecule has 4 nitrogen and oxygen atoms in total. The highest BCUT2D eigenvalue weighted by Gasteiger charge is 2.49. The summed E-state index contributed by atoms with van der Waals surface area (Å²) in [6, 6.07) is -0.383. The van der Waals surface area contributed by atoms with Gasteiger partial charge in [0.1, 0.15) is 11.7 Å². The number of fused-ring (bicyclic) bond motifs is 1. The van der Waals surface area contributed by atoms with Gasteiger partial charge in [-0.25, -0.2) is 0 Å². The van der Waals surface area contributed by atoms with Crippen LogP contribution in [0, 0.1) is 0 Å². The van der Waals surface area contributed by atoms with Gasteiger partial charge in [0.15, 0.2) is 0 Å². The first-order valence-electron chi connectivity index (χ1n) is 4.74. The summed E-state index contributed by atoms with van der Waals surface area (Å²) >= 11 is 0. The minimum absolute atomic E-state index is 0.0175. The average molecular weight is 194 g/mol. The second-order valence-electron chi connectivity index (χ2n) is 4.37. The summed E-state index contributed by atoms with van der Waals surface area (Å²) in [5.74, 6) is -0.0549. The molecule has 0 aliphatic carbocycles. The van der Waals surface area contributed by atoms with E-state index in [0.717, 1.165) is 5.57 Å². The second kappa shape index (κ2) is 2.59. The van der Waals surface area contributed by atoms with Crippen LogP contribution in [0.3, 0.4) is 0 Å². The van der Waals surface area contributed by atoms with E-state index >= 15 is 0 Å². The predicted octanol–water partition coefficient (Wildman–Crippen LogP) is 0.400. The molecule has 0 radical (unpaired) electrons. The molecular weight excluding hydrogens is 180 g/mol. The van der Waals surface area contributed by atoms with Crippen molar-refractivity contribution >= 4 is 11.8 Å². The van der Waals surface area contributed by atoms with Crippen LogP contribution in [0.1, 0.15) is 27.2 Å². The lowest BCUT2D eigenvalue weighted by Gasteiger charge is -2.36. The van der Waals surface area contributed by atoms with E-state index in [4.69, 9.17) is 0 Å². The van der Waals surface area contributed by atoms with Gasteiger partial charge in [-0.3, -0.25) is 9.59 Å². The van der Waals surface area contributed by atoms with E-state index in [-0.39, 0.29) is 17.9 Å². The Kier molecular flexibility index (Phi) is 1.71. The van der Waals surface area contributed by atoms with Gasteiger partial charge in [-0.2, -0.15) is 0 Å². The fourth-order valence-electron chi connectivity index (χ4n) is 2.19. The Hall–Kier alpha value is -1.32. The molecule has 1 unspecified atom stereocenters. The quantitative estimate of drug-likeness (QED) is 0.567. The molecule has 0 aromatic carbocycles. The minimum atomic E-state index is -0.547. The van der Waals surface area contributed by atoms with E-state index in [0.29, 0.717) is 6.42 Å². The Morgan fingerprint density at radius 2 is 2.14 bits per heavy atom. The summed E-state index contributed by atoms with van der Waals surface area (Å²) in [7, 11) is 0. The molecule has 0 saturated carbocycles. The molecule has 2 heterocycles. The predicted molar refractivity (Wildman–Crippen MR) is 51.2 cm³/mol. The van der Waals surface area contributed by atoms with E-state index in [1.807, 2.05) is 26.8 Å². The molecule has 1 fully saturated rings. The van der Waals surface area contributed by atoms with Gasteiger partial charge in [0.05, 0.1) is 0 Å². The van der Waals surface area contributed by atoms with Gasteiger partial charge < -0.3 is 10.2 Å². The summed E-state index contributed by atoms with van der Waals surface area (Å²) in [6.07, 6.45) is 2.24. The van der Waals surface area contributed by atoms with E-state index < -0.39 is 5.66 Å². The molecule has 1 atom stereocenters. The van der Waals surface area contributed by atoms with Gasteiger partial charge in [0.25, 0.3) is 0 Å². The Morgan fingerprint density at radius 1 is 1.50 bits per heavy atom. The highest BCUT2D eigenvalue weighted by atomic mass is 16.2. The van der Waals surface area contributed by atoms with E-state index in [2.05, 4.69) is 5.32 Å². The van der Waals surface area contributed by atoms with Crippen LogP contribution in [0.5, 0.6) is 0 Å². The first-order chi connectivity index (χ1) is 6.43. The van der Waals surface area contributed by atoms with Crippen LogP contribution in [0.25, 0.3) is 0 Å². The molecular formula is C10H14N2O2. The van der Waals surface area contributed by atoms with Crippen molar-refractivity contribution in [1.29, 1.82) is 0 Å². The van der Waals surface area contributed by atoms with Crippen LogP contribution in [0.2, 0.25) is 0 Å². The third kappa shape index (κ3) is 1.06. The van der Waals surface area contributed by atoms with Crippen LogP contribution in [-0.4, -0.2) is 28.4 Å². The smallest absolute Gasteiger partial charge is 0.248 e. The first kappa shape index (κ1) is 9.24. The zero-order valence-electron chi connectivity index (χ0n) is 8.63. The van der Waals surface area contributed by atoms with E-state index in [1.165, 1.54) is 0 Å². The molecule has 2 aliphatic rings. The number of carbonyl (C=O) groups is 2. The van der Waals surface area contributed by atoms with Crippen molar-refractivity contribution in [2.24, 2.45) is 0 Å². The standard InChI is InChI=1S/C10H14N2O2/c1-6-4-5-7(13)12-8(6)9(14)11-10(12,2)3/h4,8H,5H2,1-3H3,(H,11,14). The van der Waals surface area contributed by atoms with E-state index in [9.17, 15) is 9.59 Å². The highest BCUT2D eigenvalue weighted by Crippen LogP contribution is 2.30. The zero-order valence-corrected chi connectivity index (χ0v) is 8.63. The fraction of sp³-hybridized carbons (Fsp3) is 0.600. The molecule has 0 aromatic rings. The Morgan fingerprint density at radius 3 is 2.71 bits per heavy atom. The minimum Gasteiger partial charge on any atom is -0.332 e. The van der Waals surface area contributed by atoms with Crippen LogP contribution < -0.4 is 5.32 Å². The van der Waals surface area contributed by atoms with Crippen molar-refractivity contribution in [3.8, 4) is 0 Å². The molecule has 76 valence electrons. The lowest BCUT2D eigenvalue weighted by molar-refractivity contribution is -0.137. The Balaban J connectivity index is 2.47. The third-order valence-electron chi connectivity index (χ3n) is 2.84. The van der Waals surface area contributed by atoms with Crippen LogP contribution in [-0.2, 0) is 9.59 Å². The summed E-state index contributed by atoms with van der Waals surface area (Å²) in [5.41, 5.74) is 0.418. The van der Waals surface area contributed by atoms with Gasteiger partial charge in [0, 0.05) is 6.42 Å². The molecule has 0 aromatic heterocycles. The molecule has 1 saturated heterocycles. The number of amides is 2. The maximum atomic E-state index is 11.7. The van der Waals surface area contributed by atoms with Crippen molar-refractivity contribution in [2.75, 3.05) is 0 Å². The van der Waals surface area contributed by atoms with Gasteiger partial charge in [0.2, 0.25) is 11.8 Å². The summed E-state index contributed by atoms with van der Waals surface area (Å²) < 4.78 is 0. The summed E-state index contributed by atoms with van der Waals surface area (Å²) in [5, 5.41) is 2.82. The summed E-state index contributed by atoms with van der Waals surface area (Å²) in [4.78, 5) is 24.9. The Bertz CT molecular complexity index is 342. The molecule has 0 spiro atoms. The topological polar surface area (TPSA) is 49.4 Å². The van der Waals surface area contributed by atoms with Crippen molar-refractivity contribution in [1.82, 2.24) is 10.2 Å². The maximum Gasteiger partial charge on any atom is 0.248 e. The normalized spacial score (nSPS) is 29.8. The number of nitrogens with one attached hydrogen (secondary N) is 1. The molecule has 1 N–H and O–H groups in total. The number of carbonyl (C=O) groups excluding carboxylic acids is 2. The van der Waals surface area contributed by atoms with Crippen molar-refractivity contribution in [3.05, 3.63) is 11.6 Å². The largest absolute Gasteiger partial charge is 0.332 e. The lowest BCUT2D eigenvalue weighted by Crippen LogP contribution is -2.52. The molecule has 0 bridgehead atoms. The van der Waals surface area contributed by atoms with Gasteiger partial charge in [-0.05, 0) is 26.3 Å². The highest BCUT2D eigenvalue weighted by molar-refractivity contribution is 5.96. The fourth-order valence-corrected chi connectivity index (χ4v) is 2.19. The van der Waals surface area contributed by atoms with Gasteiger partial charge >= 0.3 is 0 Å². The van der Waals surface area contributed by atoms with E-state index in [1.54, 1.807) is 4.90 Å². The van der Waals surface area contributed by atoms with Crippen molar-refractivity contribution < 1.29 is 9.59 Å². The lowest BCUT2D eigenvalue weighted by atomic mass is 10.0. The van der Waals surface area contributed by atoms with Crippen molar-refractivity contribution in [3.63, 3.8) is 0 Å². The average Bonchev–Trinajstić information content (AvgIpc) is 2.30. The number of rotatable bonds is 0. The number of nitrogens with zero attached hydrogens (tertiary/aromatic N) is 1.